The number of anilines is 2. The molecule has 6 heteroatoms. The molecular weight excluding hydrogens is 420 g/mol. The number of carbonyl (C=O) groups is 1. The molecule has 3 rings (SSSR count). The van der Waals surface area contributed by atoms with Crippen molar-refractivity contribution in [2.75, 3.05) is 18.5 Å². The van der Waals surface area contributed by atoms with Gasteiger partial charge in [-0.05, 0) is 60.0 Å². The van der Waals surface area contributed by atoms with E-state index in [1.807, 2.05) is 31.2 Å². The minimum Gasteiger partial charge on any atom is -0.493 e. The summed E-state index contributed by atoms with van der Waals surface area (Å²) in [6, 6.07) is 11.9. The smallest absolute Gasteiger partial charge is 0.341 e. The SMILES string of the molecule is CCOC(=O)c1cnc2cc(OCC)c(Br)cc2c1Nc1cccc(CC)c1. The second kappa shape index (κ2) is 9.06. The van der Waals surface area contributed by atoms with Gasteiger partial charge in [0.25, 0.3) is 0 Å². The quantitative estimate of drug-likeness (QED) is 0.462. The number of benzene rings is 2. The van der Waals surface area contributed by atoms with Crippen LogP contribution >= 0.6 is 15.9 Å². The molecule has 0 aliphatic heterocycles. The van der Waals surface area contributed by atoms with E-state index in [1.165, 1.54) is 5.56 Å². The maximum Gasteiger partial charge on any atom is 0.341 e. The number of pyridine rings is 1. The van der Waals surface area contributed by atoms with E-state index in [0.717, 1.165) is 27.5 Å². The number of aromatic nitrogens is 1. The number of carbonyl (C=O) groups excluding carboxylic acids is 1. The van der Waals surface area contributed by atoms with Crippen molar-refractivity contribution in [1.29, 1.82) is 0 Å². The largest absolute Gasteiger partial charge is 0.493 e. The van der Waals surface area contributed by atoms with Crippen molar-refractivity contribution in [2.45, 2.75) is 27.2 Å². The molecule has 2 aromatic carbocycles. The van der Waals surface area contributed by atoms with Crippen molar-refractivity contribution in [1.82, 2.24) is 4.98 Å². The first-order valence-electron chi connectivity index (χ1n) is 9.35. The van der Waals surface area contributed by atoms with E-state index in [0.29, 0.717) is 30.2 Å². The highest BCUT2D eigenvalue weighted by molar-refractivity contribution is 9.10. The highest BCUT2D eigenvalue weighted by atomic mass is 79.9. The van der Waals surface area contributed by atoms with E-state index < -0.39 is 5.97 Å². The molecule has 0 aliphatic rings. The van der Waals surface area contributed by atoms with E-state index in [1.54, 1.807) is 13.1 Å². The Labute approximate surface area is 173 Å². The number of hydrogen-bond acceptors (Lipinski definition) is 5. The Morgan fingerprint density at radius 3 is 2.68 bits per heavy atom. The van der Waals surface area contributed by atoms with Crippen LogP contribution in [0.25, 0.3) is 10.9 Å². The van der Waals surface area contributed by atoms with Crippen LogP contribution in [0.2, 0.25) is 0 Å². The van der Waals surface area contributed by atoms with Crippen molar-refractivity contribution >= 4 is 44.2 Å². The third-order valence-electron chi connectivity index (χ3n) is 4.32. The number of aryl methyl sites for hydroxylation is 1. The molecule has 0 amide bonds. The lowest BCUT2D eigenvalue weighted by molar-refractivity contribution is 0.0527. The molecule has 0 atom stereocenters. The van der Waals surface area contributed by atoms with Gasteiger partial charge in [0.05, 0.1) is 28.9 Å². The minimum absolute atomic E-state index is 0.300. The standard InChI is InChI=1S/C22H23BrN2O3/c1-4-14-8-7-9-15(10-14)25-21-16-11-18(23)20(27-5-2)12-19(16)24-13-17(21)22(26)28-6-3/h7-13H,4-6H2,1-3H3,(H,24,25). The van der Waals surface area contributed by atoms with Crippen LogP contribution in [-0.2, 0) is 11.2 Å². The van der Waals surface area contributed by atoms with Gasteiger partial charge in [-0.3, -0.25) is 4.98 Å². The van der Waals surface area contributed by atoms with E-state index in [4.69, 9.17) is 9.47 Å². The molecule has 5 nitrogen and oxygen atoms in total. The molecule has 1 aromatic heterocycles. The Hall–Kier alpha value is -2.60. The van der Waals surface area contributed by atoms with E-state index in [-0.39, 0.29) is 0 Å². The Kier molecular flexibility index (Phi) is 6.52. The van der Waals surface area contributed by atoms with Crippen LogP contribution in [-0.4, -0.2) is 24.2 Å². The molecule has 0 unspecified atom stereocenters. The second-order valence-corrected chi connectivity index (χ2v) is 7.03. The zero-order valence-electron chi connectivity index (χ0n) is 16.2. The number of halogens is 1. The molecule has 0 radical (unpaired) electrons. The summed E-state index contributed by atoms with van der Waals surface area (Å²) < 4.78 is 11.7. The summed E-state index contributed by atoms with van der Waals surface area (Å²) in [5, 5.41) is 4.21. The summed E-state index contributed by atoms with van der Waals surface area (Å²) in [5.41, 5.74) is 3.91. The zero-order chi connectivity index (χ0) is 20.1. The second-order valence-electron chi connectivity index (χ2n) is 6.18. The number of nitrogens with one attached hydrogen (secondary N) is 1. The summed E-state index contributed by atoms with van der Waals surface area (Å²) in [4.78, 5) is 17.0. The van der Waals surface area contributed by atoms with Gasteiger partial charge in [-0.1, -0.05) is 19.1 Å². The van der Waals surface area contributed by atoms with Gasteiger partial charge < -0.3 is 14.8 Å². The number of esters is 1. The molecule has 1 heterocycles. The molecule has 146 valence electrons. The molecule has 0 fully saturated rings. The predicted molar refractivity (Wildman–Crippen MR) is 116 cm³/mol. The number of rotatable bonds is 7. The average Bonchev–Trinajstić information content (AvgIpc) is 2.69. The highest BCUT2D eigenvalue weighted by Gasteiger charge is 2.18. The van der Waals surface area contributed by atoms with E-state index >= 15 is 0 Å². The van der Waals surface area contributed by atoms with Crippen molar-refractivity contribution in [3.05, 3.63) is 58.2 Å². The Morgan fingerprint density at radius 2 is 1.96 bits per heavy atom. The fourth-order valence-electron chi connectivity index (χ4n) is 2.97. The first-order chi connectivity index (χ1) is 13.6. The van der Waals surface area contributed by atoms with Gasteiger partial charge in [-0.15, -0.1) is 0 Å². The first-order valence-corrected chi connectivity index (χ1v) is 10.1. The lowest BCUT2D eigenvalue weighted by Crippen LogP contribution is -2.09. The minimum atomic E-state index is -0.406. The maximum absolute atomic E-state index is 12.5. The van der Waals surface area contributed by atoms with Crippen LogP contribution in [0.15, 0.2) is 47.1 Å². The summed E-state index contributed by atoms with van der Waals surface area (Å²) in [5.74, 6) is 0.307. The lowest BCUT2D eigenvalue weighted by atomic mass is 10.1. The molecule has 0 saturated heterocycles. The van der Waals surface area contributed by atoms with Crippen LogP contribution in [0.1, 0.15) is 36.7 Å². The lowest BCUT2D eigenvalue weighted by Gasteiger charge is -2.16. The van der Waals surface area contributed by atoms with E-state index in [2.05, 4.69) is 45.3 Å². The Balaban J connectivity index is 2.17. The fourth-order valence-corrected chi connectivity index (χ4v) is 3.43. The van der Waals surface area contributed by atoms with Gasteiger partial charge in [-0.25, -0.2) is 4.79 Å². The molecule has 0 bridgehead atoms. The van der Waals surface area contributed by atoms with Gasteiger partial charge in [0.2, 0.25) is 0 Å². The third-order valence-corrected chi connectivity index (χ3v) is 4.94. The zero-order valence-corrected chi connectivity index (χ0v) is 17.8. The number of nitrogens with zero attached hydrogens (tertiary/aromatic N) is 1. The molecule has 3 aromatic rings. The fraction of sp³-hybridized carbons (Fsp3) is 0.273. The third kappa shape index (κ3) is 4.28. The topological polar surface area (TPSA) is 60.5 Å². The number of ether oxygens (including phenoxy) is 2. The van der Waals surface area contributed by atoms with Crippen LogP contribution in [0.3, 0.4) is 0 Å². The summed E-state index contributed by atoms with van der Waals surface area (Å²) >= 11 is 3.56. The van der Waals surface area contributed by atoms with Gasteiger partial charge in [0.15, 0.2) is 0 Å². The Bertz CT molecular complexity index is 1000. The summed E-state index contributed by atoms with van der Waals surface area (Å²) in [7, 11) is 0. The highest BCUT2D eigenvalue weighted by Crippen LogP contribution is 2.36. The van der Waals surface area contributed by atoms with Gasteiger partial charge in [0, 0.05) is 23.3 Å². The van der Waals surface area contributed by atoms with E-state index in [9.17, 15) is 4.79 Å². The monoisotopic (exact) mass is 442 g/mol. The van der Waals surface area contributed by atoms with Crippen LogP contribution in [0.4, 0.5) is 11.4 Å². The predicted octanol–water partition coefficient (Wildman–Crippen LogP) is 5.88. The molecule has 0 spiro atoms. The van der Waals surface area contributed by atoms with Crippen molar-refractivity contribution in [3.63, 3.8) is 0 Å². The number of fused-ring (bicyclic) bond motifs is 1. The van der Waals surface area contributed by atoms with Crippen LogP contribution in [0, 0.1) is 0 Å². The van der Waals surface area contributed by atoms with Gasteiger partial charge in [0.1, 0.15) is 11.3 Å². The van der Waals surface area contributed by atoms with Gasteiger partial charge in [-0.2, -0.15) is 0 Å². The van der Waals surface area contributed by atoms with Crippen LogP contribution in [0.5, 0.6) is 5.75 Å². The normalized spacial score (nSPS) is 10.7. The summed E-state index contributed by atoms with van der Waals surface area (Å²) in [6.45, 7) is 6.68. The molecule has 28 heavy (non-hydrogen) atoms. The molecule has 0 saturated carbocycles. The molecule has 0 aliphatic carbocycles. The number of hydrogen-bond donors (Lipinski definition) is 1. The Morgan fingerprint density at radius 1 is 1.14 bits per heavy atom. The average molecular weight is 443 g/mol. The van der Waals surface area contributed by atoms with Crippen LogP contribution < -0.4 is 10.1 Å². The first kappa shape index (κ1) is 20.1. The molecule has 1 N–H and O–H groups in total. The maximum atomic E-state index is 12.5. The van der Waals surface area contributed by atoms with Gasteiger partial charge >= 0.3 is 5.97 Å². The van der Waals surface area contributed by atoms with Crippen molar-refractivity contribution in [2.24, 2.45) is 0 Å². The van der Waals surface area contributed by atoms with Crippen molar-refractivity contribution < 1.29 is 14.3 Å². The molecular formula is C22H23BrN2O3. The van der Waals surface area contributed by atoms with Crippen molar-refractivity contribution in [3.8, 4) is 5.75 Å². The summed E-state index contributed by atoms with van der Waals surface area (Å²) in [6.07, 6.45) is 2.48.